The first-order valence-corrected chi connectivity index (χ1v) is 10.1. The minimum atomic E-state index is -0.649. The fraction of sp³-hybridized carbons (Fsp3) is 0.217. The number of halogens is 1. The number of aromatic nitrogens is 4. The molecular weight excluding hydrogens is 429 g/mol. The maximum Gasteiger partial charge on any atom is 0.336 e. The molecule has 170 valence electrons. The van der Waals surface area contributed by atoms with Crippen LogP contribution in [0, 0.1) is 5.82 Å². The van der Waals surface area contributed by atoms with Crippen LogP contribution in [-0.4, -0.2) is 39.9 Å². The van der Waals surface area contributed by atoms with Crippen molar-refractivity contribution in [2.24, 2.45) is 7.05 Å². The Morgan fingerprint density at radius 3 is 2.58 bits per heavy atom. The predicted octanol–water partition coefficient (Wildman–Crippen LogP) is 2.29. The minimum absolute atomic E-state index is 0.0463. The molecule has 10 heteroatoms. The summed E-state index contributed by atoms with van der Waals surface area (Å²) in [5.74, 6) is 0.967. The molecule has 1 N–H and O–H groups in total. The number of benzene rings is 2. The van der Waals surface area contributed by atoms with Crippen LogP contribution in [0.2, 0.25) is 0 Å². The molecule has 0 unspecified atom stereocenters. The Labute approximate surface area is 188 Å². The van der Waals surface area contributed by atoms with E-state index in [1.165, 1.54) is 36.0 Å². The number of fused-ring (bicyclic) bond motifs is 1. The van der Waals surface area contributed by atoms with Crippen LogP contribution >= 0.6 is 0 Å². The molecule has 4 rings (SSSR count). The van der Waals surface area contributed by atoms with Crippen molar-refractivity contribution < 1.29 is 13.9 Å². The van der Waals surface area contributed by atoms with Gasteiger partial charge in [-0.05, 0) is 42.3 Å². The van der Waals surface area contributed by atoms with Gasteiger partial charge in [0.25, 0.3) is 5.56 Å². The van der Waals surface area contributed by atoms with Gasteiger partial charge in [-0.2, -0.15) is 0 Å². The van der Waals surface area contributed by atoms with Gasteiger partial charge in [-0.15, -0.1) is 0 Å². The zero-order valence-corrected chi connectivity index (χ0v) is 18.3. The van der Waals surface area contributed by atoms with Gasteiger partial charge in [0.1, 0.15) is 5.82 Å². The summed E-state index contributed by atoms with van der Waals surface area (Å²) >= 11 is 0. The van der Waals surface area contributed by atoms with E-state index < -0.39 is 17.1 Å². The molecule has 0 aliphatic heterocycles. The zero-order chi connectivity index (χ0) is 23.5. The van der Waals surface area contributed by atoms with E-state index in [4.69, 9.17) is 9.47 Å². The van der Waals surface area contributed by atoms with E-state index >= 15 is 0 Å². The Balaban J connectivity index is 1.63. The Kier molecular flexibility index (Phi) is 6.07. The molecule has 2 aromatic heterocycles. The summed E-state index contributed by atoms with van der Waals surface area (Å²) in [5, 5.41) is 3.09. The second-order valence-corrected chi connectivity index (χ2v) is 7.26. The molecule has 0 aliphatic rings. The van der Waals surface area contributed by atoms with Gasteiger partial charge < -0.3 is 14.8 Å². The van der Waals surface area contributed by atoms with Crippen molar-refractivity contribution in [3.05, 3.63) is 80.9 Å². The number of aryl methyl sites for hydroxylation is 1. The van der Waals surface area contributed by atoms with Crippen LogP contribution in [0.4, 0.5) is 10.3 Å². The summed E-state index contributed by atoms with van der Waals surface area (Å²) in [4.78, 5) is 34.4. The van der Waals surface area contributed by atoms with Crippen LogP contribution in [0.25, 0.3) is 16.7 Å². The number of rotatable bonds is 7. The molecule has 2 heterocycles. The molecule has 0 amide bonds. The molecule has 4 aromatic rings. The van der Waals surface area contributed by atoms with Crippen LogP contribution in [0.5, 0.6) is 11.5 Å². The topological polar surface area (TPSA) is 100 Å². The molecule has 0 atom stereocenters. The molecule has 33 heavy (non-hydrogen) atoms. The van der Waals surface area contributed by atoms with Crippen LogP contribution < -0.4 is 26.0 Å². The Morgan fingerprint density at radius 2 is 1.85 bits per heavy atom. The van der Waals surface area contributed by atoms with Gasteiger partial charge in [-0.1, -0.05) is 12.1 Å². The number of ether oxygens (including phenoxy) is 2. The van der Waals surface area contributed by atoms with E-state index in [0.29, 0.717) is 24.5 Å². The lowest BCUT2D eigenvalue weighted by molar-refractivity contribution is 0.354. The minimum Gasteiger partial charge on any atom is -0.493 e. The Morgan fingerprint density at radius 1 is 1.06 bits per heavy atom. The molecule has 0 bridgehead atoms. The smallest absolute Gasteiger partial charge is 0.336 e. The molecular formula is C23H22FN5O4. The van der Waals surface area contributed by atoms with Crippen LogP contribution in [0.1, 0.15) is 5.56 Å². The highest BCUT2D eigenvalue weighted by Gasteiger charge is 2.15. The van der Waals surface area contributed by atoms with E-state index in [0.717, 1.165) is 16.2 Å². The molecule has 0 saturated heterocycles. The van der Waals surface area contributed by atoms with E-state index in [-0.39, 0.29) is 22.7 Å². The second-order valence-electron chi connectivity index (χ2n) is 7.26. The molecule has 0 saturated carbocycles. The standard InChI is InChI=1S/C23H22FN5O4/c1-28-17-13-26-22(25-10-9-14-7-8-18(32-2)19(11-14)33-3)27-20(17)21(30)29(23(28)31)16-6-4-5-15(24)12-16/h4-8,11-13H,9-10H2,1-3H3,(H,25,26,27). The monoisotopic (exact) mass is 451 g/mol. The van der Waals surface area contributed by atoms with E-state index in [2.05, 4.69) is 15.3 Å². The summed E-state index contributed by atoms with van der Waals surface area (Å²) in [6.45, 7) is 0.491. The number of nitrogens with zero attached hydrogens (tertiary/aromatic N) is 4. The molecule has 0 fully saturated rings. The van der Waals surface area contributed by atoms with Gasteiger partial charge in [0.2, 0.25) is 5.95 Å². The molecule has 0 aliphatic carbocycles. The molecule has 9 nitrogen and oxygen atoms in total. The van der Waals surface area contributed by atoms with Gasteiger partial charge in [0.05, 0.1) is 31.6 Å². The molecule has 0 spiro atoms. The highest BCUT2D eigenvalue weighted by Crippen LogP contribution is 2.27. The van der Waals surface area contributed by atoms with Crippen LogP contribution in [0.3, 0.4) is 0 Å². The van der Waals surface area contributed by atoms with E-state index in [1.54, 1.807) is 14.2 Å². The number of nitrogens with one attached hydrogen (secondary N) is 1. The average Bonchev–Trinajstić information content (AvgIpc) is 2.82. The maximum atomic E-state index is 13.7. The van der Waals surface area contributed by atoms with Gasteiger partial charge in [-0.25, -0.2) is 23.7 Å². The summed E-state index contributed by atoms with van der Waals surface area (Å²) < 4.78 is 26.4. The number of hydrogen-bond donors (Lipinski definition) is 1. The van der Waals surface area contributed by atoms with Gasteiger partial charge in [0, 0.05) is 13.6 Å². The van der Waals surface area contributed by atoms with Crippen LogP contribution in [-0.2, 0) is 13.5 Å². The lowest BCUT2D eigenvalue weighted by Crippen LogP contribution is -2.38. The van der Waals surface area contributed by atoms with Crippen molar-refractivity contribution in [1.29, 1.82) is 0 Å². The first-order valence-electron chi connectivity index (χ1n) is 10.1. The second kappa shape index (κ2) is 9.11. The third kappa shape index (κ3) is 4.27. The fourth-order valence-electron chi connectivity index (χ4n) is 3.51. The van der Waals surface area contributed by atoms with Crippen molar-refractivity contribution >= 4 is 17.0 Å². The predicted molar refractivity (Wildman–Crippen MR) is 122 cm³/mol. The lowest BCUT2D eigenvalue weighted by atomic mass is 10.1. The third-order valence-corrected chi connectivity index (χ3v) is 5.23. The Hall–Kier alpha value is -4.21. The van der Waals surface area contributed by atoms with Crippen LogP contribution in [0.15, 0.2) is 58.3 Å². The van der Waals surface area contributed by atoms with Crippen molar-refractivity contribution in [1.82, 2.24) is 19.1 Å². The average molecular weight is 451 g/mol. The first-order chi connectivity index (χ1) is 15.9. The van der Waals surface area contributed by atoms with Gasteiger partial charge in [0.15, 0.2) is 17.0 Å². The maximum absolute atomic E-state index is 13.7. The molecule has 0 radical (unpaired) electrons. The molecule has 2 aromatic carbocycles. The normalized spacial score (nSPS) is 10.9. The largest absolute Gasteiger partial charge is 0.493 e. The van der Waals surface area contributed by atoms with Gasteiger partial charge in [-0.3, -0.25) is 9.36 Å². The number of hydrogen-bond acceptors (Lipinski definition) is 7. The van der Waals surface area contributed by atoms with E-state index in [9.17, 15) is 14.0 Å². The fourth-order valence-corrected chi connectivity index (χ4v) is 3.51. The van der Waals surface area contributed by atoms with Crippen molar-refractivity contribution in [2.75, 3.05) is 26.1 Å². The van der Waals surface area contributed by atoms with Gasteiger partial charge >= 0.3 is 5.69 Å². The van der Waals surface area contributed by atoms with Crippen molar-refractivity contribution in [2.45, 2.75) is 6.42 Å². The number of methoxy groups -OCH3 is 2. The van der Waals surface area contributed by atoms with E-state index in [1.807, 2.05) is 18.2 Å². The summed E-state index contributed by atoms with van der Waals surface area (Å²) in [6, 6.07) is 10.9. The highest BCUT2D eigenvalue weighted by atomic mass is 19.1. The summed E-state index contributed by atoms with van der Waals surface area (Å²) in [7, 11) is 4.66. The highest BCUT2D eigenvalue weighted by molar-refractivity contribution is 5.74. The van der Waals surface area contributed by atoms with Crippen molar-refractivity contribution in [3.63, 3.8) is 0 Å². The quantitative estimate of drug-likeness (QED) is 0.460. The third-order valence-electron chi connectivity index (χ3n) is 5.23. The number of anilines is 1. The lowest BCUT2D eigenvalue weighted by Gasteiger charge is -2.12. The SMILES string of the molecule is COc1ccc(CCNc2ncc3c(n2)c(=O)n(-c2cccc(F)c2)c(=O)n3C)cc1OC. The summed E-state index contributed by atoms with van der Waals surface area (Å²) in [5.41, 5.74) is 0.203. The summed E-state index contributed by atoms with van der Waals surface area (Å²) in [6.07, 6.45) is 2.06. The first kappa shape index (κ1) is 22.0. The zero-order valence-electron chi connectivity index (χ0n) is 18.3. The Bertz CT molecular complexity index is 1450. The van der Waals surface area contributed by atoms with Crippen molar-refractivity contribution in [3.8, 4) is 17.2 Å².